The molecule has 2 N–H and O–H groups in total. The molecule has 1 saturated carbocycles. The molecule has 3 atom stereocenters. The van der Waals surface area contributed by atoms with Gasteiger partial charge < -0.3 is 10.2 Å². The van der Waals surface area contributed by atoms with E-state index in [1.807, 2.05) is 6.92 Å². The Morgan fingerprint density at radius 3 is 2.50 bits per heavy atom. The molecule has 0 aromatic heterocycles. The smallest absolute Gasteiger partial charge is 0.160 e. The molecule has 2 aliphatic rings. The van der Waals surface area contributed by atoms with E-state index in [1.165, 1.54) is 6.08 Å². The molecular weight excluding hydrogens is 228 g/mol. The van der Waals surface area contributed by atoms with Gasteiger partial charge in [-0.3, -0.25) is 4.79 Å². The molecule has 0 radical (unpaired) electrons. The summed E-state index contributed by atoms with van der Waals surface area (Å²) in [6, 6.07) is 0. The van der Waals surface area contributed by atoms with Gasteiger partial charge in [-0.05, 0) is 36.8 Å². The van der Waals surface area contributed by atoms with Crippen molar-refractivity contribution in [2.75, 3.05) is 6.61 Å². The molecule has 0 aromatic rings. The van der Waals surface area contributed by atoms with E-state index in [1.54, 1.807) is 6.92 Å². The lowest BCUT2D eigenvalue weighted by atomic mass is 9.47. The van der Waals surface area contributed by atoms with Crippen molar-refractivity contribution in [1.29, 1.82) is 0 Å². The molecule has 0 heterocycles. The van der Waals surface area contributed by atoms with Gasteiger partial charge in [0, 0.05) is 11.3 Å². The van der Waals surface area contributed by atoms with E-state index < -0.39 is 11.0 Å². The lowest BCUT2D eigenvalue weighted by Gasteiger charge is -2.58. The Hall–Kier alpha value is -0.670. The third kappa shape index (κ3) is 1.53. The Bertz CT molecular complexity index is 410. The molecule has 3 nitrogen and oxygen atoms in total. The van der Waals surface area contributed by atoms with Gasteiger partial charge in [0.2, 0.25) is 0 Å². The van der Waals surface area contributed by atoms with Crippen molar-refractivity contribution >= 4 is 5.78 Å². The van der Waals surface area contributed by atoms with Crippen LogP contribution in [0.5, 0.6) is 0 Å². The monoisotopic (exact) mass is 252 g/mol. The van der Waals surface area contributed by atoms with Crippen molar-refractivity contribution < 1.29 is 15.0 Å². The highest BCUT2D eigenvalue weighted by Crippen LogP contribution is 2.59. The number of ketones is 1. The summed E-state index contributed by atoms with van der Waals surface area (Å²) in [4.78, 5) is 12.4. The van der Waals surface area contributed by atoms with Crippen LogP contribution in [0.1, 0.15) is 47.0 Å². The number of aliphatic hydroxyl groups excluding tert-OH is 1. The number of fused-ring (bicyclic) bond motifs is 1. The van der Waals surface area contributed by atoms with E-state index in [4.69, 9.17) is 0 Å². The highest BCUT2D eigenvalue weighted by atomic mass is 16.3. The summed E-state index contributed by atoms with van der Waals surface area (Å²) in [5, 5.41) is 20.6. The van der Waals surface area contributed by atoms with Crippen LogP contribution in [0.25, 0.3) is 0 Å². The summed E-state index contributed by atoms with van der Waals surface area (Å²) in [5.74, 6) is -0.0996. The highest BCUT2D eigenvalue weighted by molar-refractivity contribution is 5.95. The summed E-state index contributed by atoms with van der Waals surface area (Å²) >= 11 is 0. The molecule has 18 heavy (non-hydrogen) atoms. The Balaban J connectivity index is 2.62. The van der Waals surface area contributed by atoms with Crippen LogP contribution in [-0.4, -0.2) is 28.2 Å². The van der Waals surface area contributed by atoms with Gasteiger partial charge in [0.1, 0.15) is 5.60 Å². The second-order valence-electron chi connectivity index (χ2n) is 6.94. The zero-order valence-corrected chi connectivity index (χ0v) is 11.8. The number of hydrogen-bond acceptors (Lipinski definition) is 3. The van der Waals surface area contributed by atoms with Gasteiger partial charge >= 0.3 is 0 Å². The van der Waals surface area contributed by atoms with Crippen LogP contribution < -0.4 is 0 Å². The van der Waals surface area contributed by atoms with E-state index in [9.17, 15) is 15.0 Å². The van der Waals surface area contributed by atoms with E-state index in [2.05, 4.69) is 13.8 Å². The third-order valence-electron chi connectivity index (χ3n) is 5.41. The molecule has 2 aliphatic carbocycles. The van der Waals surface area contributed by atoms with Crippen molar-refractivity contribution in [3.8, 4) is 0 Å². The fourth-order valence-corrected chi connectivity index (χ4v) is 4.38. The van der Waals surface area contributed by atoms with E-state index in [0.29, 0.717) is 5.57 Å². The summed E-state index contributed by atoms with van der Waals surface area (Å²) in [7, 11) is 0. The number of hydrogen-bond donors (Lipinski definition) is 2. The lowest BCUT2D eigenvalue weighted by Crippen LogP contribution is -2.63. The Morgan fingerprint density at radius 2 is 1.94 bits per heavy atom. The maximum absolute atomic E-state index is 12.4. The molecule has 0 aliphatic heterocycles. The van der Waals surface area contributed by atoms with Crippen LogP contribution >= 0.6 is 0 Å². The average Bonchev–Trinajstić information content (AvgIpc) is 2.24. The largest absolute Gasteiger partial charge is 0.393 e. The first-order chi connectivity index (χ1) is 8.19. The zero-order chi connectivity index (χ0) is 13.8. The summed E-state index contributed by atoms with van der Waals surface area (Å²) < 4.78 is 0. The summed E-state index contributed by atoms with van der Waals surface area (Å²) in [5.41, 5.74) is -1.33. The van der Waals surface area contributed by atoms with Crippen molar-refractivity contribution in [3.63, 3.8) is 0 Å². The molecule has 3 heteroatoms. The average molecular weight is 252 g/mol. The first-order valence-electron chi connectivity index (χ1n) is 6.75. The van der Waals surface area contributed by atoms with Crippen molar-refractivity contribution in [2.24, 2.45) is 16.7 Å². The van der Waals surface area contributed by atoms with Gasteiger partial charge in [-0.15, -0.1) is 0 Å². The molecule has 0 unspecified atom stereocenters. The minimum absolute atomic E-state index is 0.109. The molecule has 0 spiro atoms. The molecule has 0 amide bonds. The molecule has 0 saturated heterocycles. The first-order valence-corrected chi connectivity index (χ1v) is 6.75. The maximum Gasteiger partial charge on any atom is 0.160 e. The number of rotatable bonds is 1. The Morgan fingerprint density at radius 1 is 1.33 bits per heavy atom. The van der Waals surface area contributed by atoms with Gasteiger partial charge in [-0.2, -0.15) is 0 Å². The van der Waals surface area contributed by atoms with Crippen molar-refractivity contribution in [2.45, 2.75) is 52.6 Å². The molecular formula is C15H24O3. The minimum atomic E-state index is -1.26. The maximum atomic E-state index is 12.4. The predicted molar refractivity (Wildman–Crippen MR) is 70.0 cm³/mol. The standard InChI is InChI=1S/C15H24O3/c1-10-8-11(17)12-13(2,3)6-5-7-14(12,4)15(10,18)9-16/h8,12,16,18H,5-7,9H2,1-4H3/t12-,14-,15+/m0/s1. The van der Waals surface area contributed by atoms with E-state index >= 15 is 0 Å². The fourth-order valence-electron chi connectivity index (χ4n) is 4.38. The van der Waals surface area contributed by atoms with Crippen molar-refractivity contribution in [3.05, 3.63) is 11.6 Å². The van der Waals surface area contributed by atoms with Gasteiger partial charge in [-0.1, -0.05) is 27.2 Å². The topological polar surface area (TPSA) is 57.5 Å². The normalized spacial score (nSPS) is 43.3. The third-order valence-corrected chi connectivity index (χ3v) is 5.41. The van der Waals surface area contributed by atoms with Crippen LogP contribution in [0.4, 0.5) is 0 Å². The molecule has 2 rings (SSSR count). The first kappa shape index (κ1) is 13.8. The van der Waals surface area contributed by atoms with Gasteiger partial charge in [0.05, 0.1) is 6.61 Å². The SMILES string of the molecule is CC1=CC(=O)[C@H]2C(C)(C)CCC[C@]2(C)[C@@]1(O)CO. The van der Waals surface area contributed by atoms with Crippen LogP contribution in [0.15, 0.2) is 11.6 Å². The molecule has 0 bridgehead atoms. The number of allylic oxidation sites excluding steroid dienone is 1. The number of carbonyl (C=O) groups excluding carboxylic acids is 1. The second-order valence-corrected chi connectivity index (χ2v) is 6.94. The fraction of sp³-hybridized carbons (Fsp3) is 0.800. The van der Waals surface area contributed by atoms with Gasteiger partial charge in [0.25, 0.3) is 0 Å². The lowest BCUT2D eigenvalue weighted by molar-refractivity contribution is -0.171. The molecule has 1 fully saturated rings. The summed E-state index contributed by atoms with van der Waals surface area (Å²) in [6.45, 7) is 7.59. The highest BCUT2D eigenvalue weighted by Gasteiger charge is 2.61. The number of aliphatic hydroxyl groups is 2. The number of carbonyl (C=O) groups is 1. The van der Waals surface area contributed by atoms with Crippen LogP contribution in [0.3, 0.4) is 0 Å². The Labute approximate surface area is 109 Å². The second kappa shape index (κ2) is 3.91. The van der Waals surface area contributed by atoms with Gasteiger partial charge in [0.15, 0.2) is 5.78 Å². The molecule has 102 valence electrons. The summed E-state index contributed by atoms with van der Waals surface area (Å²) in [6.07, 6.45) is 4.31. The minimum Gasteiger partial charge on any atom is -0.393 e. The van der Waals surface area contributed by atoms with Crippen LogP contribution in [0.2, 0.25) is 0 Å². The Kier molecular flexibility index (Phi) is 2.99. The van der Waals surface area contributed by atoms with Crippen LogP contribution in [0, 0.1) is 16.7 Å². The van der Waals surface area contributed by atoms with E-state index in [0.717, 1.165) is 19.3 Å². The van der Waals surface area contributed by atoms with E-state index in [-0.39, 0.29) is 23.7 Å². The predicted octanol–water partition coefficient (Wildman–Crippen LogP) is 2.07. The zero-order valence-electron chi connectivity index (χ0n) is 11.8. The molecule has 0 aromatic carbocycles. The van der Waals surface area contributed by atoms with Gasteiger partial charge in [-0.25, -0.2) is 0 Å². The van der Waals surface area contributed by atoms with Crippen molar-refractivity contribution in [1.82, 2.24) is 0 Å². The van der Waals surface area contributed by atoms with Crippen LogP contribution in [-0.2, 0) is 4.79 Å². The quantitative estimate of drug-likeness (QED) is 0.751.